The van der Waals surface area contributed by atoms with E-state index in [4.69, 9.17) is 5.73 Å². The molecule has 0 amide bonds. The number of nitrogens with two attached hydrogens (primary N) is 1. The van der Waals surface area contributed by atoms with Crippen LogP contribution < -0.4 is 10.6 Å². The molecule has 2 nitrogen and oxygen atoms in total. The van der Waals surface area contributed by atoms with Gasteiger partial charge in [-0.1, -0.05) is 25.5 Å². The molecule has 0 unspecified atom stereocenters. The van der Waals surface area contributed by atoms with Crippen molar-refractivity contribution in [2.75, 3.05) is 18.0 Å². The predicted molar refractivity (Wildman–Crippen MR) is 77.0 cm³/mol. The predicted octanol–water partition coefficient (Wildman–Crippen LogP) is 3.51. The Morgan fingerprint density at radius 1 is 1.18 bits per heavy atom. The van der Waals surface area contributed by atoms with Crippen LogP contribution in [0.1, 0.15) is 44.2 Å². The molecule has 0 aliphatic carbocycles. The van der Waals surface area contributed by atoms with Gasteiger partial charge >= 0.3 is 0 Å². The maximum absolute atomic E-state index is 6.10. The Morgan fingerprint density at radius 3 is 2.29 bits per heavy atom. The van der Waals surface area contributed by atoms with Gasteiger partial charge in [-0.2, -0.15) is 0 Å². The number of anilines is 1. The molecule has 1 heterocycles. The highest BCUT2D eigenvalue weighted by atomic mass is 35.5. The highest BCUT2D eigenvalue weighted by molar-refractivity contribution is 5.85. The smallest absolute Gasteiger partial charge is 0.0366 e. The zero-order valence-electron chi connectivity index (χ0n) is 10.6. The molecular weight excluding hydrogens is 232 g/mol. The van der Waals surface area contributed by atoms with E-state index in [0.717, 1.165) is 12.8 Å². The van der Waals surface area contributed by atoms with Crippen molar-refractivity contribution in [2.24, 2.45) is 5.73 Å². The summed E-state index contributed by atoms with van der Waals surface area (Å²) < 4.78 is 0. The molecule has 96 valence electrons. The fraction of sp³-hybridized carbons (Fsp3) is 0.571. The second-order valence-electron chi connectivity index (χ2n) is 4.68. The Balaban J connectivity index is 0.00000144. The van der Waals surface area contributed by atoms with E-state index in [2.05, 4.69) is 36.1 Å². The van der Waals surface area contributed by atoms with Gasteiger partial charge in [0, 0.05) is 24.8 Å². The monoisotopic (exact) mass is 254 g/mol. The first-order valence-electron chi connectivity index (χ1n) is 6.41. The molecule has 1 fully saturated rings. The maximum Gasteiger partial charge on any atom is 0.0366 e. The highest BCUT2D eigenvalue weighted by Crippen LogP contribution is 2.23. The summed E-state index contributed by atoms with van der Waals surface area (Å²) >= 11 is 0. The Hall–Kier alpha value is -0.730. The Bertz CT molecular complexity index is 317. The molecule has 1 atom stereocenters. The summed E-state index contributed by atoms with van der Waals surface area (Å²) in [6.07, 6.45) is 4.88. The highest BCUT2D eigenvalue weighted by Gasteiger charge is 2.12. The van der Waals surface area contributed by atoms with Gasteiger partial charge in [0.1, 0.15) is 0 Å². The van der Waals surface area contributed by atoms with Gasteiger partial charge in [0.05, 0.1) is 0 Å². The van der Waals surface area contributed by atoms with Gasteiger partial charge in [0.25, 0.3) is 0 Å². The van der Waals surface area contributed by atoms with Crippen LogP contribution in [-0.2, 0) is 0 Å². The summed E-state index contributed by atoms with van der Waals surface area (Å²) in [6, 6.07) is 9.02. The van der Waals surface area contributed by atoms with E-state index in [0.29, 0.717) is 0 Å². The van der Waals surface area contributed by atoms with E-state index in [1.54, 1.807) is 0 Å². The minimum atomic E-state index is 0. The lowest BCUT2D eigenvalue weighted by molar-refractivity contribution is 0.638. The van der Waals surface area contributed by atoms with Gasteiger partial charge in [0.15, 0.2) is 0 Å². The number of hydrogen-bond donors (Lipinski definition) is 1. The molecule has 1 aromatic rings. The van der Waals surface area contributed by atoms with E-state index in [1.807, 2.05) is 0 Å². The van der Waals surface area contributed by atoms with Crippen LogP contribution in [0.2, 0.25) is 0 Å². The van der Waals surface area contributed by atoms with E-state index < -0.39 is 0 Å². The van der Waals surface area contributed by atoms with Crippen molar-refractivity contribution in [3.05, 3.63) is 29.8 Å². The molecule has 0 bridgehead atoms. The first-order valence-corrected chi connectivity index (χ1v) is 6.41. The van der Waals surface area contributed by atoms with Gasteiger partial charge in [0.2, 0.25) is 0 Å². The molecule has 2 rings (SSSR count). The zero-order valence-corrected chi connectivity index (χ0v) is 11.4. The first kappa shape index (κ1) is 14.3. The lowest BCUT2D eigenvalue weighted by Crippen LogP contribution is -2.17. The topological polar surface area (TPSA) is 29.3 Å². The summed E-state index contributed by atoms with van der Waals surface area (Å²) in [5.74, 6) is 0. The molecule has 0 radical (unpaired) electrons. The molecule has 1 saturated heterocycles. The van der Waals surface area contributed by atoms with Gasteiger partial charge < -0.3 is 10.6 Å². The SMILES string of the molecule is CCC[C@@H](N)c1ccc(N2CCCC2)cc1.Cl. The van der Waals surface area contributed by atoms with E-state index >= 15 is 0 Å². The van der Waals surface area contributed by atoms with Crippen LogP contribution >= 0.6 is 12.4 Å². The Kier molecular flexibility index (Phi) is 5.79. The van der Waals surface area contributed by atoms with Crippen molar-refractivity contribution in [1.82, 2.24) is 0 Å². The van der Waals surface area contributed by atoms with Gasteiger partial charge in [-0.25, -0.2) is 0 Å². The summed E-state index contributed by atoms with van der Waals surface area (Å²) in [5.41, 5.74) is 8.72. The normalized spacial score (nSPS) is 16.7. The molecule has 1 aromatic carbocycles. The fourth-order valence-corrected chi connectivity index (χ4v) is 2.39. The molecular formula is C14H23ClN2. The third-order valence-electron chi connectivity index (χ3n) is 3.39. The average Bonchev–Trinajstić information content (AvgIpc) is 2.83. The van der Waals surface area contributed by atoms with Crippen molar-refractivity contribution in [1.29, 1.82) is 0 Å². The summed E-state index contributed by atoms with van der Waals surface area (Å²) in [4.78, 5) is 2.45. The minimum Gasteiger partial charge on any atom is -0.372 e. The molecule has 1 aliphatic rings. The average molecular weight is 255 g/mol. The van der Waals surface area contributed by atoms with Crippen molar-refractivity contribution in [3.8, 4) is 0 Å². The standard InChI is InChI=1S/C14H22N2.ClH/c1-2-5-14(15)12-6-8-13(9-7-12)16-10-3-4-11-16;/h6-9,14H,2-5,10-11,15H2,1H3;1H/t14-;/m1./s1. The fourth-order valence-electron chi connectivity index (χ4n) is 2.39. The van der Waals surface area contributed by atoms with Crippen molar-refractivity contribution in [2.45, 2.75) is 38.6 Å². The van der Waals surface area contributed by atoms with Crippen molar-refractivity contribution < 1.29 is 0 Å². The number of nitrogens with zero attached hydrogens (tertiary/aromatic N) is 1. The number of hydrogen-bond acceptors (Lipinski definition) is 2. The number of halogens is 1. The van der Waals surface area contributed by atoms with Gasteiger partial charge in [-0.15, -0.1) is 12.4 Å². The molecule has 1 aliphatic heterocycles. The molecule has 3 heteroatoms. The van der Waals surface area contributed by atoms with E-state index in [-0.39, 0.29) is 18.4 Å². The van der Waals surface area contributed by atoms with E-state index in [1.165, 1.54) is 37.2 Å². The van der Waals surface area contributed by atoms with Crippen LogP contribution in [0.25, 0.3) is 0 Å². The van der Waals surface area contributed by atoms with Crippen LogP contribution in [0.3, 0.4) is 0 Å². The maximum atomic E-state index is 6.10. The quantitative estimate of drug-likeness (QED) is 0.891. The molecule has 0 aromatic heterocycles. The molecule has 0 spiro atoms. The first-order chi connectivity index (χ1) is 7.81. The number of rotatable bonds is 4. The Morgan fingerprint density at radius 2 is 1.76 bits per heavy atom. The van der Waals surface area contributed by atoms with Crippen LogP contribution in [0.4, 0.5) is 5.69 Å². The minimum absolute atomic E-state index is 0. The second-order valence-corrected chi connectivity index (χ2v) is 4.68. The van der Waals surface area contributed by atoms with Crippen LogP contribution in [0, 0.1) is 0 Å². The summed E-state index contributed by atoms with van der Waals surface area (Å²) in [5, 5.41) is 0. The van der Waals surface area contributed by atoms with Gasteiger partial charge in [-0.05, 0) is 37.0 Å². The summed E-state index contributed by atoms with van der Waals surface area (Å²) in [7, 11) is 0. The largest absolute Gasteiger partial charge is 0.372 e. The summed E-state index contributed by atoms with van der Waals surface area (Å²) in [6.45, 7) is 4.60. The number of benzene rings is 1. The third-order valence-corrected chi connectivity index (χ3v) is 3.39. The van der Waals surface area contributed by atoms with Crippen LogP contribution in [-0.4, -0.2) is 13.1 Å². The third kappa shape index (κ3) is 3.62. The van der Waals surface area contributed by atoms with Crippen LogP contribution in [0.5, 0.6) is 0 Å². The molecule has 0 saturated carbocycles. The van der Waals surface area contributed by atoms with Gasteiger partial charge in [-0.3, -0.25) is 0 Å². The lowest BCUT2D eigenvalue weighted by Gasteiger charge is -2.18. The zero-order chi connectivity index (χ0) is 11.4. The van der Waals surface area contributed by atoms with E-state index in [9.17, 15) is 0 Å². The van der Waals surface area contributed by atoms with Crippen LogP contribution in [0.15, 0.2) is 24.3 Å². The lowest BCUT2D eigenvalue weighted by atomic mass is 10.0. The second kappa shape index (κ2) is 6.87. The molecule has 2 N–H and O–H groups in total. The Labute approximate surface area is 111 Å². The van der Waals surface area contributed by atoms with Crippen molar-refractivity contribution >= 4 is 18.1 Å². The molecule has 17 heavy (non-hydrogen) atoms. The van der Waals surface area contributed by atoms with Crippen molar-refractivity contribution in [3.63, 3.8) is 0 Å².